The van der Waals surface area contributed by atoms with Crippen molar-refractivity contribution in [3.05, 3.63) is 29.5 Å². The summed E-state index contributed by atoms with van der Waals surface area (Å²) in [6, 6.07) is 5.84. The van der Waals surface area contributed by atoms with Gasteiger partial charge in [0.2, 0.25) is 0 Å². The Labute approximate surface area is 119 Å². The lowest BCUT2D eigenvalue weighted by atomic mass is 10.1. The van der Waals surface area contributed by atoms with Gasteiger partial charge >= 0.3 is 5.97 Å². The zero-order chi connectivity index (χ0) is 14.7. The molecule has 2 rings (SSSR count). The highest BCUT2D eigenvalue weighted by molar-refractivity contribution is 6.06. The van der Waals surface area contributed by atoms with E-state index in [-0.39, 0.29) is 5.97 Å². The highest BCUT2D eigenvalue weighted by Gasteiger charge is 2.19. The van der Waals surface area contributed by atoms with Gasteiger partial charge in [-0.05, 0) is 38.5 Å². The van der Waals surface area contributed by atoms with E-state index in [1.807, 2.05) is 43.7 Å². The molecule has 1 aromatic heterocycles. The average Bonchev–Trinajstić information content (AvgIpc) is 2.68. The Morgan fingerprint density at radius 1 is 1.30 bits per heavy atom. The second kappa shape index (κ2) is 5.99. The SMILES string of the molecule is CCCOc1ccc2c(c1)c(C(=O)OCC)c(C)n2C. The average molecular weight is 275 g/mol. The molecule has 0 amide bonds. The van der Waals surface area contributed by atoms with E-state index in [1.165, 1.54) is 0 Å². The number of fused-ring (bicyclic) bond motifs is 1. The van der Waals surface area contributed by atoms with Gasteiger partial charge in [0.25, 0.3) is 0 Å². The number of esters is 1. The molecule has 0 bridgehead atoms. The van der Waals surface area contributed by atoms with Gasteiger partial charge in [-0.25, -0.2) is 4.79 Å². The molecule has 0 aliphatic carbocycles. The quantitative estimate of drug-likeness (QED) is 0.785. The zero-order valence-electron chi connectivity index (χ0n) is 12.5. The second-order valence-electron chi connectivity index (χ2n) is 4.77. The summed E-state index contributed by atoms with van der Waals surface area (Å²) in [7, 11) is 1.95. The topological polar surface area (TPSA) is 40.5 Å². The molecule has 0 atom stereocenters. The van der Waals surface area contributed by atoms with Crippen LogP contribution in [0.15, 0.2) is 18.2 Å². The number of ether oxygens (including phenoxy) is 2. The van der Waals surface area contributed by atoms with Crippen LogP contribution in [0.2, 0.25) is 0 Å². The van der Waals surface area contributed by atoms with Gasteiger partial charge < -0.3 is 14.0 Å². The molecule has 0 spiro atoms. The molecule has 108 valence electrons. The third-order valence-corrected chi connectivity index (χ3v) is 3.42. The summed E-state index contributed by atoms with van der Waals surface area (Å²) in [6.07, 6.45) is 0.955. The van der Waals surface area contributed by atoms with Crippen molar-refractivity contribution in [3.63, 3.8) is 0 Å². The minimum absolute atomic E-state index is 0.275. The number of hydrogen-bond donors (Lipinski definition) is 0. The smallest absolute Gasteiger partial charge is 0.340 e. The number of carbonyl (C=O) groups excluding carboxylic acids is 1. The van der Waals surface area contributed by atoms with Gasteiger partial charge in [-0.1, -0.05) is 6.92 Å². The molecule has 0 aliphatic heterocycles. The van der Waals surface area contributed by atoms with Crippen LogP contribution in [0.4, 0.5) is 0 Å². The number of hydrogen-bond acceptors (Lipinski definition) is 3. The van der Waals surface area contributed by atoms with E-state index in [2.05, 4.69) is 6.92 Å². The van der Waals surface area contributed by atoms with E-state index in [0.717, 1.165) is 28.8 Å². The summed E-state index contributed by atoms with van der Waals surface area (Å²) in [5.41, 5.74) is 2.55. The van der Waals surface area contributed by atoms with Gasteiger partial charge in [-0.2, -0.15) is 0 Å². The first kappa shape index (κ1) is 14.4. The van der Waals surface area contributed by atoms with Gasteiger partial charge in [0.05, 0.1) is 18.8 Å². The van der Waals surface area contributed by atoms with Gasteiger partial charge in [0.1, 0.15) is 5.75 Å². The monoisotopic (exact) mass is 275 g/mol. The number of rotatable bonds is 5. The summed E-state index contributed by atoms with van der Waals surface area (Å²) in [5.74, 6) is 0.513. The van der Waals surface area contributed by atoms with Crippen LogP contribution in [0.5, 0.6) is 5.75 Å². The molecular weight excluding hydrogens is 254 g/mol. The van der Waals surface area contributed by atoms with Crippen molar-refractivity contribution in [3.8, 4) is 5.75 Å². The molecule has 2 aromatic rings. The van der Waals surface area contributed by atoms with Crippen molar-refractivity contribution in [2.24, 2.45) is 7.05 Å². The largest absolute Gasteiger partial charge is 0.494 e. The van der Waals surface area contributed by atoms with E-state index in [9.17, 15) is 4.79 Å². The van der Waals surface area contributed by atoms with Crippen LogP contribution in [0.25, 0.3) is 10.9 Å². The van der Waals surface area contributed by atoms with E-state index in [1.54, 1.807) is 0 Å². The molecule has 0 N–H and O–H groups in total. The van der Waals surface area contributed by atoms with E-state index in [0.29, 0.717) is 18.8 Å². The second-order valence-corrected chi connectivity index (χ2v) is 4.77. The van der Waals surface area contributed by atoms with Crippen LogP contribution >= 0.6 is 0 Å². The first-order valence-electron chi connectivity index (χ1n) is 6.99. The van der Waals surface area contributed by atoms with Crippen molar-refractivity contribution < 1.29 is 14.3 Å². The Bertz CT molecular complexity index is 628. The van der Waals surface area contributed by atoms with E-state index < -0.39 is 0 Å². The van der Waals surface area contributed by atoms with Crippen molar-refractivity contribution in [2.75, 3.05) is 13.2 Å². The molecule has 4 nitrogen and oxygen atoms in total. The number of carbonyl (C=O) groups is 1. The maximum Gasteiger partial charge on any atom is 0.340 e. The highest BCUT2D eigenvalue weighted by atomic mass is 16.5. The van der Waals surface area contributed by atoms with Crippen LogP contribution in [0.1, 0.15) is 36.3 Å². The van der Waals surface area contributed by atoms with Crippen LogP contribution < -0.4 is 4.74 Å². The van der Waals surface area contributed by atoms with Gasteiger partial charge in [0, 0.05) is 23.6 Å². The van der Waals surface area contributed by atoms with Crippen LogP contribution in [-0.2, 0) is 11.8 Å². The van der Waals surface area contributed by atoms with Crippen molar-refractivity contribution in [2.45, 2.75) is 27.2 Å². The standard InChI is InChI=1S/C16H21NO3/c1-5-9-20-12-7-8-14-13(10-12)15(11(3)17(14)4)16(18)19-6-2/h7-8,10H,5-6,9H2,1-4H3. The highest BCUT2D eigenvalue weighted by Crippen LogP contribution is 2.29. The summed E-state index contributed by atoms with van der Waals surface area (Å²) in [4.78, 5) is 12.1. The number of aromatic nitrogens is 1. The Kier molecular flexibility index (Phi) is 4.32. The number of benzene rings is 1. The summed E-state index contributed by atoms with van der Waals surface area (Å²) >= 11 is 0. The third-order valence-electron chi connectivity index (χ3n) is 3.42. The zero-order valence-corrected chi connectivity index (χ0v) is 12.5. The molecule has 0 aliphatic rings. The Balaban J connectivity index is 2.54. The number of aryl methyl sites for hydroxylation is 1. The van der Waals surface area contributed by atoms with Crippen molar-refractivity contribution in [1.29, 1.82) is 0 Å². The number of nitrogens with zero attached hydrogens (tertiary/aromatic N) is 1. The van der Waals surface area contributed by atoms with Crippen LogP contribution in [-0.4, -0.2) is 23.8 Å². The van der Waals surface area contributed by atoms with Gasteiger partial charge in [-0.15, -0.1) is 0 Å². The lowest BCUT2D eigenvalue weighted by Crippen LogP contribution is -2.06. The lowest BCUT2D eigenvalue weighted by molar-refractivity contribution is 0.0527. The summed E-state index contributed by atoms with van der Waals surface area (Å²) in [5, 5.41) is 0.886. The minimum atomic E-state index is -0.275. The fourth-order valence-electron chi connectivity index (χ4n) is 2.32. The van der Waals surface area contributed by atoms with Crippen LogP contribution in [0, 0.1) is 6.92 Å². The van der Waals surface area contributed by atoms with Crippen LogP contribution in [0.3, 0.4) is 0 Å². The molecule has 0 radical (unpaired) electrons. The van der Waals surface area contributed by atoms with E-state index in [4.69, 9.17) is 9.47 Å². The predicted octanol–water partition coefficient (Wildman–Crippen LogP) is 3.45. The normalized spacial score (nSPS) is 10.8. The van der Waals surface area contributed by atoms with Crippen molar-refractivity contribution in [1.82, 2.24) is 4.57 Å². The van der Waals surface area contributed by atoms with E-state index >= 15 is 0 Å². The summed E-state index contributed by atoms with van der Waals surface area (Å²) < 4.78 is 12.8. The fourth-order valence-corrected chi connectivity index (χ4v) is 2.32. The first-order valence-corrected chi connectivity index (χ1v) is 6.99. The molecule has 0 saturated carbocycles. The third kappa shape index (κ3) is 2.50. The minimum Gasteiger partial charge on any atom is -0.494 e. The van der Waals surface area contributed by atoms with Gasteiger partial charge in [-0.3, -0.25) is 0 Å². The molecule has 20 heavy (non-hydrogen) atoms. The molecule has 1 aromatic carbocycles. The Morgan fingerprint density at radius 2 is 2.05 bits per heavy atom. The molecule has 0 fully saturated rings. The Morgan fingerprint density at radius 3 is 2.70 bits per heavy atom. The molecule has 0 saturated heterocycles. The Hall–Kier alpha value is -1.97. The molecule has 0 unspecified atom stereocenters. The first-order chi connectivity index (χ1) is 9.60. The molecule has 4 heteroatoms. The maximum atomic E-state index is 12.1. The fraction of sp³-hybridized carbons (Fsp3) is 0.438. The maximum absolute atomic E-state index is 12.1. The lowest BCUT2D eigenvalue weighted by Gasteiger charge is -2.05. The molecular formula is C16H21NO3. The molecule has 1 heterocycles. The van der Waals surface area contributed by atoms with Gasteiger partial charge in [0.15, 0.2) is 0 Å². The predicted molar refractivity (Wildman–Crippen MR) is 79.4 cm³/mol. The summed E-state index contributed by atoms with van der Waals surface area (Å²) in [6.45, 7) is 6.86. The van der Waals surface area contributed by atoms with Crippen molar-refractivity contribution >= 4 is 16.9 Å².